The molecule has 10 nitrogen and oxygen atoms in total. The number of furan rings is 1. The molecule has 144 valence electrons. The molecule has 0 aliphatic rings. The Labute approximate surface area is 163 Å². The first kappa shape index (κ1) is 19.1. The van der Waals surface area contributed by atoms with Crippen molar-refractivity contribution >= 4 is 29.8 Å². The minimum atomic E-state index is -0.709. The van der Waals surface area contributed by atoms with Gasteiger partial charge in [-0.15, -0.1) is 0 Å². The third kappa shape index (κ3) is 4.35. The highest BCUT2D eigenvalue weighted by atomic mass is 35.5. The Morgan fingerprint density at radius 3 is 2.79 bits per heavy atom. The summed E-state index contributed by atoms with van der Waals surface area (Å²) >= 11 is 5.91. The molecule has 1 amide bonds. The fourth-order valence-electron chi connectivity index (χ4n) is 2.27. The minimum absolute atomic E-state index is 0.178. The van der Waals surface area contributed by atoms with E-state index >= 15 is 0 Å². The number of nitrogens with one attached hydrogen (secondary N) is 1. The first-order chi connectivity index (χ1) is 13.5. The van der Waals surface area contributed by atoms with Crippen LogP contribution in [0, 0.1) is 10.1 Å². The lowest BCUT2D eigenvalue weighted by Gasteiger charge is -2.00. The van der Waals surface area contributed by atoms with Crippen LogP contribution in [0.1, 0.15) is 12.5 Å². The van der Waals surface area contributed by atoms with Crippen molar-refractivity contribution in [1.82, 2.24) is 15.2 Å². The maximum absolute atomic E-state index is 11.4. The molecule has 0 aliphatic carbocycles. The highest BCUT2D eigenvalue weighted by molar-refractivity contribution is 6.30. The smallest absolute Gasteiger partial charge is 0.433 e. The Hall–Kier alpha value is -3.66. The van der Waals surface area contributed by atoms with Crippen molar-refractivity contribution in [3.63, 3.8) is 0 Å². The van der Waals surface area contributed by atoms with Crippen molar-refractivity contribution in [2.24, 2.45) is 5.10 Å². The molecule has 2 heterocycles. The van der Waals surface area contributed by atoms with Gasteiger partial charge in [-0.3, -0.25) is 10.1 Å². The van der Waals surface area contributed by atoms with Crippen molar-refractivity contribution < 1.29 is 18.9 Å². The van der Waals surface area contributed by atoms with Gasteiger partial charge >= 0.3 is 12.0 Å². The van der Waals surface area contributed by atoms with E-state index in [0.29, 0.717) is 22.0 Å². The number of rotatable bonds is 6. The van der Waals surface area contributed by atoms with Crippen LogP contribution >= 0.6 is 11.6 Å². The topological polar surface area (TPSA) is 125 Å². The zero-order chi connectivity index (χ0) is 20.1. The third-order valence-electron chi connectivity index (χ3n) is 3.47. The highest BCUT2D eigenvalue weighted by Gasteiger charge is 2.19. The molecular weight excluding hydrogens is 390 g/mol. The molecule has 0 spiro atoms. The maximum Gasteiger partial charge on any atom is 0.433 e. The van der Waals surface area contributed by atoms with E-state index in [-0.39, 0.29) is 12.4 Å². The summed E-state index contributed by atoms with van der Waals surface area (Å²) in [5, 5.41) is 19.7. The summed E-state index contributed by atoms with van der Waals surface area (Å²) in [5.41, 5.74) is 3.66. The van der Waals surface area contributed by atoms with Crippen molar-refractivity contribution in [2.75, 3.05) is 6.61 Å². The highest BCUT2D eigenvalue weighted by Crippen LogP contribution is 2.28. The fourth-order valence-corrected chi connectivity index (χ4v) is 2.40. The van der Waals surface area contributed by atoms with Crippen LogP contribution in [0.4, 0.5) is 10.7 Å². The molecule has 1 N–H and O–H groups in total. The second-order valence-corrected chi connectivity index (χ2v) is 5.78. The maximum atomic E-state index is 11.4. The van der Waals surface area contributed by atoms with Gasteiger partial charge in [0.2, 0.25) is 0 Å². The zero-order valence-electron chi connectivity index (χ0n) is 14.5. The van der Waals surface area contributed by atoms with E-state index in [2.05, 4.69) is 15.6 Å². The predicted octanol–water partition coefficient (Wildman–Crippen LogP) is 3.77. The Morgan fingerprint density at radius 2 is 2.14 bits per heavy atom. The number of hydrazone groups is 1. The molecule has 0 aliphatic heterocycles. The van der Waals surface area contributed by atoms with Gasteiger partial charge in [0.05, 0.1) is 24.6 Å². The molecule has 0 saturated carbocycles. The number of carbonyl (C=O) groups is 1. The normalized spacial score (nSPS) is 10.9. The molecule has 3 aromatic rings. The van der Waals surface area contributed by atoms with Crippen LogP contribution in [0.25, 0.3) is 17.1 Å². The third-order valence-corrected chi connectivity index (χ3v) is 3.73. The van der Waals surface area contributed by atoms with Gasteiger partial charge in [0.15, 0.2) is 5.76 Å². The van der Waals surface area contributed by atoms with Gasteiger partial charge in [0, 0.05) is 16.8 Å². The SMILES string of the molecule is CCOC(=O)NN=Cc1cn(-c2ccc(Cl)cc2)nc1-c1ccc([N+](=O)[O-])o1. The van der Waals surface area contributed by atoms with Gasteiger partial charge in [-0.25, -0.2) is 14.9 Å². The van der Waals surface area contributed by atoms with E-state index in [0.717, 1.165) is 0 Å². The van der Waals surface area contributed by atoms with Gasteiger partial charge in [0.25, 0.3) is 0 Å². The second-order valence-electron chi connectivity index (χ2n) is 5.34. The number of carbonyl (C=O) groups excluding carboxylic acids is 1. The van der Waals surface area contributed by atoms with Crippen LogP contribution in [0.15, 0.2) is 52.1 Å². The van der Waals surface area contributed by atoms with Gasteiger partial charge in [-0.05, 0) is 37.3 Å². The van der Waals surface area contributed by atoms with Gasteiger partial charge in [-0.2, -0.15) is 10.2 Å². The molecular formula is C17H14ClN5O5. The molecule has 3 rings (SSSR count). The van der Waals surface area contributed by atoms with E-state index in [4.69, 9.17) is 20.8 Å². The second kappa shape index (κ2) is 8.35. The van der Waals surface area contributed by atoms with Gasteiger partial charge < -0.3 is 9.15 Å². The molecule has 0 unspecified atom stereocenters. The number of hydrogen-bond acceptors (Lipinski definition) is 7. The number of nitrogens with zero attached hydrogens (tertiary/aromatic N) is 4. The summed E-state index contributed by atoms with van der Waals surface area (Å²) in [5.74, 6) is -0.236. The monoisotopic (exact) mass is 403 g/mol. The summed E-state index contributed by atoms with van der Waals surface area (Å²) in [4.78, 5) is 21.6. The van der Waals surface area contributed by atoms with Crippen molar-refractivity contribution in [3.05, 3.63) is 63.3 Å². The van der Waals surface area contributed by atoms with E-state index < -0.39 is 16.9 Å². The van der Waals surface area contributed by atoms with E-state index in [1.165, 1.54) is 23.0 Å². The molecule has 1 aromatic carbocycles. The largest absolute Gasteiger partial charge is 0.449 e. The minimum Gasteiger partial charge on any atom is -0.449 e. The van der Waals surface area contributed by atoms with Crippen LogP contribution in [0.3, 0.4) is 0 Å². The van der Waals surface area contributed by atoms with Crippen LogP contribution in [-0.4, -0.2) is 33.6 Å². The summed E-state index contributed by atoms with van der Waals surface area (Å²) in [7, 11) is 0. The summed E-state index contributed by atoms with van der Waals surface area (Å²) in [6.45, 7) is 1.87. The van der Waals surface area contributed by atoms with Crippen molar-refractivity contribution in [3.8, 4) is 17.1 Å². The Bertz CT molecular complexity index is 1020. The number of nitro groups is 1. The summed E-state index contributed by atoms with van der Waals surface area (Å²) in [6, 6.07) is 9.57. The number of amides is 1. The van der Waals surface area contributed by atoms with E-state index in [9.17, 15) is 14.9 Å². The summed E-state index contributed by atoms with van der Waals surface area (Å²) < 4.78 is 11.5. The number of aromatic nitrogens is 2. The fraction of sp³-hybridized carbons (Fsp3) is 0.118. The summed E-state index contributed by atoms with van der Waals surface area (Å²) in [6.07, 6.45) is 2.25. The van der Waals surface area contributed by atoms with Crippen LogP contribution in [0.5, 0.6) is 0 Å². The van der Waals surface area contributed by atoms with Gasteiger partial charge in [-0.1, -0.05) is 11.6 Å². The standard InChI is InChI=1S/C17H14ClN5O5/c1-2-27-17(24)20-19-9-11-10-22(13-5-3-12(18)4-6-13)21-16(11)14-7-8-15(28-14)23(25)26/h3-10H,2H2,1H3,(H,20,24). The molecule has 0 fully saturated rings. The van der Waals surface area contributed by atoms with Crippen molar-refractivity contribution in [1.29, 1.82) is 0 Å². The number of ether oxygens (including phenoxy) is 1. The molecule has 11 heteroatoms. The number of halogens is 1. The van der Waals surface area contributed by atoms with Crippen molar-refractivity contribution in [2.45, 2.75) is 6.92 Å². The average molecular weight is 404 g/mol. The van der Waals surface area contributed by atoms with Crippen LogP contribution in [0.2, 0.25) is 5.02 Å². The van der Waals surface area contributed by atoms with Crippen LogP contribution in [-0.2, 0) is 4.74 Å². The predicted molar refractivity (Wildman–Crippen MR) is 101 cm³/mol. The zero-order valence-corrected chi connectivity index (χ0v) is 15.3. The first-order valence-corrected chi connectivity index (χ1v) is 8.41. The Morgan fingerprint density at radius 1 is 1.39 bits per heavy atom. The quantitative estimate of drug-likeness (QED) is 0.379. The molecule has 28 heavy (non-hydrogen) atoms. The average Bonchev–Trinajstić information content (AvgIpc) is 3.30. The van der Waals surface area contributed by atoms with E-state index in [1.807, 2.05) is 0 Å². The lowest BCUT2D eigenvalue weighted by Crippen LogP contribution is -2.18. The number of benzene rings is 1. The molecule has 2 aromatic heterocycles. The molecule has 0 radical (unpaired) electrons. The first-order valence-electron chi connectivity index (χ1n) is 8.04. The molecule has 0 saturated heterocycles. The molecule has 0 atom stereocenters. The van der Waals surface area contributed by atoms with Crippen LogP contribution < -0.4 is 5.43 Å². The lowest BCUT2D eigenvalue weighted by atomic mass is 10.2. The Kier molecular flexibility index (Phi) is 5.70. The lowest BCUT2D eigenvalue weighted by molar-refractivity contribution is -0.401. The van der Waals surface area contributed by atoms with Gasteiger partial charge in [0.1, 0.15) is 10.6 Å². The number of hydrogen-bond donors (Lipinski definition) is 1. The van der Waals surface area contributed by atoms with E-state index in [1.54, 1.807) is 37.4 Å². The Balaban J connectivity index is 1.97. The molecule has 0 bridgehead atoms.